The van der Waals surface area contributed by atoms with Crippen LogP contribution in [0.2, 0.25) is 5.15 Å². The second-order valence-corrected chi connectivity index (χ2v) is 3.27. The summed E-state index contributed by atoms with van der Waals surface area (Å²) < 4.78 is 0. The molecule has 0 aliphatic heterocycles. The first kappa shape index (κ1) is 10.4. The second kappa shape index (κ2) is 4.53. The van der Waals surface area contributed by atoms with Crippen molar-refractivity contribution in [3.63, 3.8) is 0 Å². The minimum Gasteiger partial charge on any atom is -0.245 e. The van der Waals surface area contributed by atoms with Crippen molar-refractivity contribution in [2.75, 3.05) is 0 Å². The molecule has 0 spiro atoms. The summed E-state index contributed by atoms with van der Waals surface area (Å²) in [6, 6.07) is 1.89. The Labute approximate surface area is 90.5 Å². The maximum Gasteiger partial charge on any atom is 0.160 e. The van der Waals surface area contributed by atoms with E-state index in [-0.39, 0.29) is 0 Å². The molecule has 0 saturated carbocycles. The standard InChI is InChI=1S/C9H8BrClN2/c1-3-6-4-7(5-10)8(11)13-9(6)12-2/h3-4H,1-2,5H2. The number of hydrogen-bond acceptors (Lipinski definition) is 2. The lowest BCUT2D eigenvalue weighted by Gasteiger charge is -2.03. The van der Waals surface area contributed by atoms with Crippen molar-refractivity contribution < 1.29 is 0 Å². The molecule has 1 aromatic rings. The van der Waals surface area contributed by atoms with Gasteiger partial charge in [-0.2, -0.15) is 0 Å². The summed E-state index contributed by atoms with van der Waals surface area (Å²) in [5, 5.41) is 1.11. The maximum absolute atomic E-state index is 5.87. The van der Waals surface area contributed by atoms with Crippen molar-refractivity contribution in [1.29, 1.82) is 0 Å². The van der Waals surface area contributed by atoms with Gasteiger partial charge in [0.15, 0.2) is 5.82 Å². The van der Waals surface area contributed by atoms with Crippen LogP contribution in [-0.2, 0) is 5.33 Å². The number of aliphatic imine (C=N–C) groups is 1. The van der Waals surface area contributed by atoms with E-state index in [0.717, 1.165) is 11.1 Å². The first-order valence-electron chi connectivity index (χ1n) is 3.57. The number of pyridine rings is 1. The van der Waals surface area contributed by atoms with Crippen LogP contribution < -0.4 is 0 Å². The van der Waals surface area contributed by atoms with Crippen LogP contribution in [0.25, 0.3) is 6.08 Å². The van der Waals surface area contributed by atoms with Gasteiger partial charge in [-0.3, -0.25) is 0 Å². The Balaban J connectivity index is 3.34. The van der Waals surface area contributed by atoms with Gasteiger partial charge in [-0.15, -0.1) is 0 Å². The molecule has 0 aliphatic rings. The van der Waals surface area contributed by atoms with Crippen LogP contribution in [0.1, 0.15) is 11.1 Å². The Morgan fingerprint density at radius 2 is 2.38 bits per heavy atom. The number of nitrogens with zero attached hydrogens (tertiary/aromatic N) is 2. The molecule has 0 aliphatic carbocycles. The Morgan fingerprint density at radius 1 is 1.69 bits per heavy atom. The molecule has 0 aromatic carbocycles. The third-order valence-corrected chi connectivity index (χ3v) is 2.50. The summed E-state index contributed by atoms with van der Waals surface area (Å²) in [6.07, 6.45) is 1.68. The Kier molecular flexibility index (Phi) is 3.63. The van der Waals surface area contributed by atoms with Crippen LogP contribution in [0.4, 0.5) is 5.82 Å². The van der Waals surface area contributed by atoms with Crippen molar-refractivity contribution in [2.24, 2.45) is 4.99 Å². The van der Waals surface area contributed by atoms with E-state index in [1.807, 2.05) is 6.07 Å². The van der Waals surface area contributed by atoms with Crippen molar-refractivity contribution in [1.82, 2.24) is 4.98 Å². The molecule has 0 bridgehead atoms. The molecule has 13 heavy (non-hydrogen) atoms. The van der Waals surface area contributed by atoms with Gasteiger partial charge in [0, 0.05) is 16.5 Å². The lowest BCUT2D eigenvalue weighted by Crippen LogP contribution is -1.88. The predicted molar refractivity (Wildman–Crippen MR) is 61.2 cm³/mol. The maximum atomic E-state index is 5.87. The summed E-state index contributed by atoms with van der Waals surface area (Å²) in [7, 11) is 0. The highest BCUT2D eigenvalue weighted by atomic mass is 79.9. The molecule has 0 unspecified atom stereocenters. The van der Waals surface area contributed by atoms with E-state index in [9.17, 15) is 0 Å². The monoisotopic (exact) mass is 258 g/mol. The van der Waals surface area contributed by atoms with E-state index >= 15 is 0 Å². The van der Waals surface area contributed by atoms with Crippen LogP contribution >= 0.6 is 27.5 Å². The quantitative estimate of drug-likeness (QED) is 0.462. The average molecular weight is 260 g/mol. The highest BCUT2D eigenvalue weighted by Gasteiger charge is 2.05. The number of rotatable bonds is 3. The summed E-state index contributed by atoms with van der Waals surface area (Å²) >= 11 is 9.19. The number of aromatic nitrogens is 1. The lowest BCUT2D eigenvalue weighted by molar-refractivity contribution is 1.22. The van der Waals surface area contributed by atoms with Gasteiger partial charge < -0.3 is 0 Å². The molecule has 0 saturated heterocycles. The molecule has 68 valence electrons. The third-order valence-electron chi connectivity index (χ3n) is 1.57. The van der Waals surface area contributed by atoms with Crippen LogP contribution in [0.15, 0.2) is 17.6 Å². The van der Waals surface area contributed by atoms with E-state index in [4.69, 9.17) is 11.6 Å². The fraction of sp³-hybridized carbons (Fsp3) is 0.111. The van der Waals surface area contributed by atoms with Crippen LogP contribution in [-0.4, -0.2) is 11.7 Å². The van der Waals surface area contributed by atoms with Gasteiger partial charge in [-0.25, -0.2) is 9.98 Å². The summed E-state index contributed by atoms with van der Waals surface area (Å²) in [4.78, 5) is 7.81. The molecule has 4 heteroatoms. The van der Waals surface area contributed by atoms with Crippen LogP contribution in [0.5, 0.6) is 0 Å². The zero-order valence-corrected chi connectivity index (χ0v) is 9.27. The Morgan fingerprint density at radius 3 is 2.85 bits per heavy atom. The van der Waals surface area contributed by atoms with Gasteiger partial charge in [0.05, 0.1) is 0 Å². The van der Waals surface area contributed by atoms with Gasteiger partial charge in [0.2, 0.25) is 0 Å². The van der Waals surface area contributed by atoms with Crippen molar-refractivity contribution in [3.8, 4) is 0 Å². The number of halogens is 2. The number of hydrogen-bond donors (Lipinski definition) is 0. The van der Waals surface area contributed by atoms with Gasteiger partial charge in [-0.05, 0) is 12.8 Å². The molecular weight excluding hydrogens is 251 g/mol. The molecule has 1 rings (SSSR count). The zero-order chi connectivity index (χ0) is 9.84. The minimum atomic E-state index is 0.449. The fourth-order valence-corrected chi connectivity index (χ4v) is 1.70. The first-order chi connectivity index (χ1) is 6.22. The molecule has 0 radical (unpaired) electrons. The summed E-state index contributed by atoms with van der Waals surface area (Å²) in [6.45, 7) is 7.06. The molecule has 0 fully saturated rings. The Hall–Kier alpha value is -0.670. The van der Waals surface area contributed by atoms with E-state index < -0.39 is 0 Å². The van der Waals surface area contributed by atoms with E-state index in [1.165, 1.54) is 0 Å². The molecule has 0 N–H and O–H groups in total. The van der Waals surface area contributed by atoms with Crippen molar-refractivity contribution in [3.05, 3.63) is 28.9 Å². The van der Waals surface area contributed by atoms with E-state index in [0.29, 0.717) is 16.3 Å². The minimum absolute atomic E-state index is 0.449. The highest BCUT2D eigenvalue weighted by molar-refractivity contribution is 9.08. The molecule has 1 aromatic heterocycles. The van der Waals surface area contributed by atoms with Crippen molar-refractivity contribution >= 4 is 46.1 Å². The second-order valence-electron chi connectivity index (χ2n) is 2.35. The smallest absolute Gasteiger partial charge is 0.160 e. The SMILES string of the molecule is C=Cc1cc(CBr)c(Cl)nc1N=C. The molecule has 1 heterocycles. The van der Waals surface area contributed by atoms with Crippen LogP contribution in [0.3, 0.4) is 0 Å². The highest BCUT2D eigenvalue weighted by Crippen LogP contribution is 2.25. The molecular formula is C9H8BrClN2. The Bertz CT molecular complexity index is 350. The predicted octanol–water partition coefficient (Wildman–Crippen LogP) is 3.61. The third kappa shape index (κ3) is 2.17. The molecule has 0 amide bonds. The fourth-order valence-electron chi connectivity index (χ4n) is 0.912. The zero-order valence-electron chi connectivity index (χ0n) is 6.93. The van der Waals surface area contributed by atoms with Gasteiger partial charge in [-0.1, -0.05) is 40.2 Å². The van der Waals surface area contributed by atoms with Gasteiger partial charge >= 0.3 is 0 Å². The summed E-state index contributed by atoms with van der Waals surface area (Å²) in [5.74, 6) is 0.518. The lowest BCUT2D eigenvalue weighted by atomic mass is 10.2. The molecule has 2 nitrogen and oxygen atoms in total. The first-order valence-corrected chi connectivity index (χ1v) is 5.07. The van der Waals surface area contributed by atoms with E-state index in [2.05, 4.69) is 39.2 Å². The van der Waals surface area contributed by atoms with Gasteiger partial charge in [0.1, 0.15) is 5.15 Å². The van der Waals surface area contributed by atoms with Crippen LogP contribution in [0, 0.1) is 0 Å². The van der Waals surface area contributed by atoms with E-state index in [1.54, 1.807) is 6.08 Å². The normalized spacial score (nSPS) is 9.69. The average Bonchev–Trinajstić information content (AvgIpc) is 2.17. The largest absolute Gasteiger partial charge is 0.245 e. The topological polar surface area (TPSA) is 25.2 Å². The van der Waals surface area contributed by atoms with Crippen molar-refractivity contribution in [2.45, 2.75) is 5.33 Å². The number of alkyl halides is 1. The summed E-state index contributed by atoms with van der Waals surface area (Å²) in [5.41, 5.74) is 1.76. The van der Waals surface area contributed by atoms with Gasteiger partial charge in [0.25, 0.3) is 0 Å². The molecule has 0 atom stereocenters.